The monoisotopic (exact) mass is 201 g/mol. The molecule has 1 heterocycles. The largest absolute Gasteiger partial charge is 0.256 e. The number of fused-ring (bicyclic) bond motifs is 1. The minimum Gasteiger partial charge on any atom is -0.256 e. The molecule has 0 radical (unpaired) electrons. The van der Waals surface area contributed by atoms with Gasteiger partial charge in [0, 0.05) is 11.6 Å². The van der Waals surface area contributed by atoms with Crippen molar-refractivity contribution in [2.24, 2.45) is 5.92 Å². The van der Waals surface area contributed by atoms with Crippen LogP contribution in [0.25, 0.3) is 10.9 Å². The molecular weight excluding hydrogens is 182 g/mol. The van der Waals surface area contributed by atoms with Crippen LogP contribution in [0.4, 0.5) is 0 Å². The normalized spacial score (nSPS) is 9.93. The van der Waals surface area contributed by atoms with Gasteiger partial charge in [0.2, 0.25) is 0 Å². The molecule has 0 saturated heterocycles. The van der Waals surface area contributed by atoms with Crippen LogP contribution in [0.5, 0.6) is 0 Å². The lowest BCUT2D eigenvalue weighted by molar-refractivity contribution is 0.737. The Hall–Kier alpha value is -1.37. The van der Waals surface area contributed by atoms with E-state index in [2.05, 4.69) is 38.7 Å². The van der Waals surface area contributed by atoms with E-state index in [1.165, 1.54) is 10.9 Å². The minimum absolute atomic E-state index is 0.833. The van der Waals surface area contributed by atoms with Gasteiger partial charge < -0.3 is 0 Å². The molecule has 0 aliphatic rings. The van der Waals surface area contributed by atoms with E-state index >= 15 is 0 Å². The van der Waals surface area contributed by atoms with E-state index in [1.54, 1.807) is 0 Å². The summed E-state index contributed by atoms with van der Waals surface area (Å²) in [6.07, 6.45) is 1.84. The molecule has 1 nitrogen and oxygen atoms in total. The molecular formula is C14H19N. The van der Waals surface area contributed by atoms with Crippen molar-refractivity contribution in [3.05, 3.63) is 42.1 Å². The molecule has 2 aromatic rings. The lowest BCUT2D eigenvalue weighted by Gasteiger charge is -1.97. The first-order valence-electron chi connectivity index (χ1n) is 5.41. The van der Waals surface area contributed by atoms with Crippen molar-refractivity contribution in [3.8, 4) is 0 Å². The van der Waals surface area contributed by atoms with E-state index < -0.39 is 0 Å². The zero-order valence-electron chi connectivity index (χ0n) is 9.99. The number of hydrogen-bond donors (Lipinski definition) is 0. The van der Waals surface area contributed by atoms with E-state index in [0.29, 0.717) is 0 Å². The van der Waals surface area contributed by atoms with Crippen molar-refractivity contribution < 1.29 is 0 Å². The smallest absolute Gasteiger partial charge is 0.0704 e. The Morgan fingerprint density at radius 1 is 1.00 bits per heavy atom. The van der Waals surface area contributed by atoms with Gasteiger partial charge in [-0.25, -0.2) is 0 Å². The lowest BCUT2D eigenvalue weighted by Crippen LogP contribution is -1.79. The number of rotatable bonds is 0. The number of pyridine rings is 1. The van der Waals surface area contributed by atoms with E-state index in [0.717, 1.165) is 11.4 Å². The Bertz CT molecular complexity index is 410. The summed E-state index contributed by atoms with van der Waals surface area (Å²) in [6, 6.07) is 10.2. The molecule has 0 N–H and O–H groups in total. The highest BCUT2D eigenvalue weighted by Crippen LogP contribution is 2.13. The van der Waals surface area contributed by atoms with Crippen LogP contribution in [0.1, 0.15) is 26.3 Å². The highest BCUT2D eigenvalue weighted by atomic mass is 14.6. The summed E-state index contributed by atoms with van der Waals surface area (Å²) < 4.78 is 0. The summed E-state index contributed by atoms with van der Waals surface area (Å²) in [7, 11) is 0. The van der Waals surface area contributed by atoms with Gasteiger partial charge in [-0.3, -0.25) is 4.98 Å². The van der Waals surface area contributed by atoms with Gasteiger partial charge in [-0.2, -0.15) is 0 Å². The Labute approximate surface area is 92.2 Å². The van der Waals surface area contributed by atoms with Crippen LogP contribution in [0.15, 0.2) is 36.5 Å². The molecule has 1 aromatic carbocycles. The topological polar surface area (TPSA) is 12.9 Å². The maximum absolute atomic E-state index is 4.24. The van der Waals surface area contributed by atoms with E-state index in [1.807, 2.05) is 30.5 Å². The first-order valence-corrected chi connectivity index (χ1v) is 5.41. The summed E-state index contributed by atoms with van der Waals surface area (Å²) in [5.41, 5.74) is 2.36. The quantitative estimate of drug-likeness (QED) is 0.622. The number of benzene rings is 1. The van der Waals surface area contributed by atoms with Crippen molar-refractivity contribution >= 4 is 10.9 Å². The van der Waals surface area contributed by atoms with Gasteiger partial charge in [-0.05, 0) is 30.5 Å². The third-order valence-corrected chi connectivity index (χ3v) is 1.87. The van der Waals surface area contributed by atoms with Gasteiger partial charge in [-0.15, -0.1) is 0 Å². The molecule has 15 heavy (non-hydrogen) atoms. The SMILES string of the molecule is CC(C)C.Cc1ccnc2ccccc12. The number of aryl methyl sites for hydroxylation is 1. The fourth-order valence-electron chi connectivity index (χ4n) is 1.24. The Balaban J connectivity index is 0.000000245. The van der Waals surface area contributed by atoms with E-state index in [9.17, 15) is 0 Å². The first-order chi connectivity index (χ1) is 7.11. The Kier molecular flexibility index (Phi) is 4.29. The highest BCUT2D eigenvalue weighted by Gasteiger charge is 1.93. The van der Waals surface area contributed by atoms with E-state index in [4.69, 9.17) is 0 Å². The molecule has 0 spiro atoms. The van der Waals surface area contributed by atoms with Crippen LogP contribution >= 0.6 is 0 Å². The van der Waals surface area contributed by atoms with Crippen LogP contribution in [0.3, 0.4) is 0 Å². The standard InChI is InChI=1S/C10H9N.C4H10/c1-8-6-7-11-10-5-3-2-4-9(8)10;1-4(2)3/h2-7H,1H3;4H,1-3H3. The molecule has 80 valence electrons. The Morgan fingerprint density at radius 3 is 2.20 bits per heavy atom. The second kappa shape index (κ2) is 5.50. The van der Waals surface area contributed by atoms with Crippen LogP contribution in [-0.4, -0.2) is 4.98 Å². The van der Waals surface area contributed by atoms with Gasteiger partial charge in [0.15, 0.2) is 0 Å². The van der Waals surface area contributed by atoms with Crippen LogP contribution in [-0.2, 0) is 0 Å². The second-order valence-electron chi connectivity index (χ2n) is 4.38. The van der Waals surface area contributed by atoms with Gasteiger partial charge in [0.05, 0.1) is 5.52 Å². The summed E-state index contributed by atoms with van der Waals surface area (Å²) in [5.74, 6) is 0.833. The van der Waals surface area contributed by atoms with Crippen molar-refractivity contribution in [3.63, 3.8) is 0 Å². The van der Waals surface area contributed by atoms with Crippen molar-refractivity contribution in [1.29, 1.82) is 0 Å². The third-order valence-electron chi connectivity index (χ3n) is 1.87. The molecule has 2 rings (SSSR count). The fraction of sp³-hybridized carbons (Fsp3) is 0.357. The minimum atomic E-state index is 0.833. The molecule has 1 aromatic heterocycles. The molecule has 1 heteroatoms. The third kappa shape index (κ3) is 3.70. The van der Waals surface area contributed by atoms with Gasteiger partial charge in [-0.1, -0.05) is 39.0 Å². The predicted octanol–water partition coefficient (Wildman–Crippen LogP) is 4.21. The van der Waals surface area contributed by atoms with Crippen LogP contribution < -0.4 is 0 Å². The molecule has 0 aliphatic heterocycles. The number of nitrogens with zero attached hydrogens (tertiary/aromatic N) is 1. The maximum Gasteiger partial charge on any atom is 0.0704 e. The summed E-state index contributed by atoms with van der Waals surface area (Å²) in [5, 5.41) is 1.25. The van der Waals surface area contributed by atoms with Crippen molar-refractivity contribution in [2.45, 2.75) is 27.7 Å². The number of hydrogen-bond acceptors (Lipinski definition) is 1. The zero-order chi connectivity index (χ0) is 11.3. The second-order valence-corrected chi connectivity index (χ2v) is 4.38. The van der Waals surface area contributed by atoms with Crippen molar-refractivity contribution in [1.82, 2.24) is 4.98 Å². The fourth-order valence-corrected chi connectivity index (χ4v) is 1.24. The van der Waals surface area contributed by atoms with E-state index in [-0.39, 0.29) is 0 Å². The average Bonchev–Trinajstić information content (AvgIpc) is 2.18. The molecule has 0 fully saturated rings. The summed E-state index contributed by atoms with van der Waals surface area (Å²) in [6.45, 7) is 8.60. The van der Waals surface area contributed by atoms with Gasteiger partial charge in [0.1, 0.15) is 0 Å². The highest BCUT2D eigenvalue weighted by molar-refractivity contribution is 5.81. The predicted molar refractivity (Wildman–Crippen MR) is 67.0 cm³/mol. The number of para-hydroxylation sites is 1. The molecule has 0 bridgehead atoms. The van der Waals surface area contributed by atoms with Crippen LogP contribution in [0.2, 0.25) is 0 Å². The number of aromatic nitrogens is 1. The summed E-state index contributed by atoms with van der Waals surface area (Å²) in [4.78, 5) is 4.24. The molecule has 0 saturated carbocycles. The lowest BCUT2D eigenvalue weighted by atomic mass is 10.1. The molecule has 0 amide bonds. The first kappa shape index (κ1) is 11.7. The zero-order valence-corrected chi connectivity index (χ0v) is 9.99. The Morgan fingerprint density at radius 2 is 1.60 bits per heavy atom. The summed E-state index contributed by atoms with van der Waals surface area (Å²) >= 11 is 0. The van der Waals surface area contributed by atoms with Gasteiger partial charge in [0.25, 0.3) is 0 Å². The van der Waals surface area contributed by atoms with Crippen molar-refractivity contribution in [2.75, 3.05) is 0 Å². The molecule has 0 atom stereocenters. The maximum atomic E-state index is 4.24. The van der Waals surface area contributed by atoms with Crippen LogP contribution in [0, 0.1) is 12.8 Å². The molecule has 0 aliphatic carbocycles. The van der Waals surface area contributed by atoms with Gasteiger partial charge >= 0.3 is 0 Å². The molecule has 0 unspecified atom stereocenters. The average molecular weight is 201 g/mol.